The average molecular weight is 456 g/mol. The molecule has 182 valence electrons. The first-order valence-electron chi connectivity index (χ1n) is 11.1. The largest absolute Gasteiger partial charge is 0.480 e. The summed E-state index contributed by atoms with van der Waals surface area (Å²) in [5.74, 6) is -3.90. The van der Waals surface area contributed by atoms with Gasteiger partial charge in [0.15, 0.2) is 0 Å². The summed E-state index contributed by atoms with van der Waals surface area (Å²) in [6, 6.07) is -4.12. The summed E-state index contributed by atoms with van der Waals surface area (Å²) in [4.78, 5) is 62.7. The van der Waals surface area contributed by atoms with E-state index in [1.54, 1.807) is 6.92 Å². The number of hydrogen-bond donors (Lipinski definition) is 5. The zero-order valence-electron chi connectivity index (χ0n) is 19.3. The molecule has 1 saturated heterocycles. The molecule has 1 aliphatic heterocycles. The maximum absolute atomic E-state index is 13.0. The van der Waals surface area contributed by atoms with Crippen LogP contribution in [0.2, 0.25) is 0 Å². The molecule has 1 heterocycles. The number of carboxylic acids is 1. The molecule has 4 amide bonds. The molecular formula is C21H37N5O6. The molecule has 7 N–H and O–H groups in total. The topological polar surface area (TPSA) is 185 Å². The summed E-state index contributed by atoms with van der Waals surface area (Å²) < 4.78 is 0. The van der Waals surface area contributed by atoms with E-state index in [1.807, 2.05) is 20.8 Å². The molecule has 5 atom stereocenters. The van der Waals surface area contributed by atoms with Gasteiger partial charge in [0.05, 0.1) is 12.5 Å². The van der Waals surface area contributed by atoms with Crippen LogP contribution >= 0.6 is 0 Å². The predicted octanol–water partition coefficient (Wildman–Crippen LogP) is -0.673. The van der Waals surface area contributed by atoms with Crippen molar-refractivity contribution < 1.29 is 29.1 Å². The van der Waals surface area contributed by atoms with Crippen molar-refractivity contribution in [1.29, 1.82) is 0 Å². The molecule has 1 fully saturated rings. The molecule has 5 unspecified atom stereocenters. The van der Waals surface area contributed by atoms with Crippen LogP contribution in [0, 0.1) is 11.8 Å². The number of carbonyl (C=O) groups is 5. The van der Waals surface area contributed by atoms with Gasteiger partial charge in [-0.05, 0) is 31.1 Å². The second kappa shape index (κ2) is 12.4. The number of primary amides is 1. The van der Waals surface area contributed by atoms with Crippen molar-refractivity contribution in [2.24, 2.45) is 23.3 Å². The fourth-order valence-electron chi connectivity index (χ4n) is 3.73. The van der Waals surface area contributed by atoms with Gasteiger partial charge in [-0.2, -0.15) is 0 Å². The number of nitrogens with one attached hydrogen (secondary N) is 2. The summed E-state index contributed by atoms with van der Waals surface area (Å²) in [5.41, 5.74) is 11.2. The summed E-state index contributed by atoms with van der Waals surface area (Å²) in [5, 5.41) is 14.5. The number of carbonyl (C=O) groups excluding carboxylic acids is 4. The molecule has 0 aliphatic carbocycles. The number of nitrogens with two attached hydrogens (primary N) is 2. The lowest BCUT2D eigenvalue weighted by molar-refractivity contribution is -0.149. The van der Waals surface area contributed by atoms with Gasteiger partial charge in [-0.25, -0.2) is 4.79 Å². The van der Waals surface area contributed by atoms with Crippen LogP contribution in [0.5, 0.6) is 0 Å². The Kier molecular flexibility index (Phi) is 10.6. The fraction of sp³-hybridized carbons (Fsp3) is 0.762. The molecule has 0 aromatic heterocycles. The van der Waals surface area contributed by atoms with E-state index in [9.17, 15) is 29.1 Å². The first kappa shape index (κ1) is 27.3. The average Bonchev–Trinajstić information content (AvgIpc) is 3.19. The Labute approximate surface area is 188 Å². The first-order chi connectivity index (χ1) is 14.9. The van der Waals surface area contributed by atoms with Crippen LogP contribution in [0.4, 0.5) is 0 Å². The lowest BCUT2D eigenvalue weighted by Crippen LogP contribution is -2.59. The van der Waals surface area contributed by atoms with Gasteiger partial charge in [-0.3, -0.25) is 19.2 Å². The second-order valence-corrected chi connectivity index (χ2v) is 8.87. The Balaban J connectivity index is 3.03. The summed E-state index contributed by atoms with van der Waals surface area (Å²) in [6.45, 7) is 7.67. The van der Waals surface area contributed by atoms with Crippen molar-refractivity contribution in [2.45, 2.75) is 84.0 Å². The minimum absolute atomic E-state index is 0.187. The van der Waals surface area contributed by atoms with Crippen molar-refractivity contribution in [3.63, 3.8) is 0 Å². The molecule has 0 saturated carbocycles. The van der Waals surface area contributed by atoms with Crippen LogP contribution in [0.25, 0.3) is 0 Å². The molecule has 0 radical (unpaired) electrons. The number of rotatable bonds is 12. The normalized spacial score (nSPS) is 19.7. The maximum Gasteiger partial charge on any atom is 0.326 e. The molecule has 32 heavy (non-hydrogen) atoms. The Hall–Kier alpha value is -2.69. The Bertz CT molecular complexity index is 713. The third-order valence-corrected chi connectivity index (χ3v) is 5.70. The predicted molar refractivity (Wildman–Crippen MR) is 117 cm³/mol. The summed E-state index contributed by atoms with van der Waals surface area (Å²) in [7, 11) is 0. The van der Waals surface area contributed by atoms with Gasteiger partial charge in [0.1, 0.15) is 18.1 Å². The SMILES string of the molecule is CCC(C)C(NC(=O)C(N)CC(C)C)C(=O)NC(CC(N)=O)C(=O)N1CCCC1C(=O)O. The summed E-state index contributed by atoms with van der Waals surface area (Å²) >= 11 is 0. The third-order valence-electron chi connectivity index (χ3n) is 5.70. The van der Waals surface area contributed by atoms with Crippen molar-refractivity contribution in [3.8, 4) is 0 Å². The van der Waals surface area contributed by atoms with Gasteiger partial charge >= 0.3 is 5.97 Å². The van der Waals surface area contributed by atoms with Crippen LogP contribution in [-0.4, -0.2) is 70.3 Å². The molecule has 0 bridgehead atoms. The Morgan fingerprint density at radius 1 is 1.09 bits per heavy atom. The van der Waals surface area contributed by atoms with Gasteiger partial charge in [-0.1, -0.05) is 34.1 Å². The fourth-order valence-corrected chi connectivity index (χ4v) is 3.73. The zero-order chi connectivity index (χ0) is 24.6. The summed E-state index contributed by atoms with van der Waals surface area (Å²) in [6.07, 6.45) is 1.30. The molecule has 11 nitrogen and oxygen atoms in total. The van der Waals surface area contributed by atoms with E-state index in [2.05, 4.69) is 10.6 Å². The number of aliphatic carboxylic acids is 1. The van der Waals surface area contributed by atoms with Gasteiger partial charge in [0.25, 0.3) is 0 Å². The van der Waals surface area contributed by atoms with Crippen LogP contribution in [0.1, 0.15) is 59.8 Å². The molecule has 0 aromatic rings. The highest BCUT2D eigenvalue weighted by Crippen LogP contribution is 2.19. The maximum atomic E-state index is 13.0. The van der Waals surface area contributed by atoms with E-state index in [4.69, 9.17) is 11.5 Å². The van der Waals surface area contributed by atoms with E-state index >= 15 is 0 Å². The standard InChI is InChI=1S/C21H37N5O6/c1-5-12(4)17(25-18(28)13(22)9-11(2)3)19(29)24-14(10-16(23)27)20(30)26-8-6-7-15(26)21(31)32/h11-15,17H,5-10,22H2,1-4H3,(H2,23,27)(H,24,29)(H,25,28)(H,31,32). The third kappa shape index (κ3) is 7.77. The van der Waals surface area contributed by atoms with Crippen LogP contribution in [-0.2, 0) is 24.0 Å². The van der Waals surface area contributed by atoms with Gasteiger partial charge in [-0.15, -0.1) is 0 Å². The van der Waals surface area contributed by atoms with Crippen molar-refractivity contribution in [3.05, 3.63) is 0 Å². The monoisotopic (exact) mass is 455 g/mol. The lowest BCUT2D eigenvalue weighted by atomic mass is 9.96. The van der Waals surface area contributed by atoms with Crippen molar-refractivity contribution in [1.82, 2.24) is 15.5 Å². The Morgan fingerprint density at radius 3 is 2.22 bits per heavy atom. The highest BCUT2D eigenvalue weighted by Gasteiger charge is 2.39. The van der Waals surface area contributed by atoms with Crippen LogP contribution in [0.3, 0.4) is 0 Å². The van der Waals surface area contributed by atoms with E-state index in [0.29, 0.717) is 19.3 Å². The van der Waals surface area contributed by atoms with Gasteiger partial charge < -0.3 is 32.1 Å². The minimum atomic E-state index is -1.33. The quantitative estimate of drug-likeness (QED) is 0.258. The molecule has 0 spiro atoms. The van der Waals surface area contributed by atoms with Gasteiger partial charge in [0.2, 0.25) is 23.6 Å². The lowest BCUT2D eigenvalue weighted by Gasteiger charge is -2.30. The molecule has 11 heteroatoms. The minimum Gasteiger partial charge on any atom is -0.480 e. The van der Waals surface area contributed by atoms with E-state index in [1.165, 1.54) is 0 Å². The van der Waals surface area contributed by atoms with E-state index < -0.39 is 60.2 Å². The van der Waals surface area contributed by atoms with E-state index in [0.717, 1.165) is 4.90 Å². The molecular weight excluding hydrogens is 418 g/mol. The number of likely N-dealkylation sites (tertiary alicyclic amines) is 1. The van der Waals surface area contributed by atoms with Crippen LogP contribution < -0.4 is 22.1 Å². The number of amides is 4. The highest BCUT2D eigenvalue weighted by molar-refractivity contribution is 5.96. The molecule has 1 rings (SSSR count). The van der Waals surface area contributed by atoms with Crippen molar-refractivity contribution in [2.75, 3.05) is 6.54 Å². The zero-order valence-corrected chi connectivity index (χ0v) is 19.3. The van der Waals surface area contributed by atoms with Crippen molar-refractivity contribution >= 4 is 29.6 Å². The Morgan fingerprint density at radius 2 is 1.72 bits per heavy atom. The highest BCUT2D eigenvalue weighted by atomic mass is 16.4. The number of carboxylic acid groups (broad SMARTS) is 1. The van der Waals surface area contributed by atoms with Gasteiger partial charge in [0, 0.05) is 6.54 Å². The second-order valence-electron chi connectivity index (χ2n) is 8.87. The van der Waals surface area contributed by atoms with Crippen LogP contribution in [0.15, 0.2) is 0 Å². The molecule has 0 aromatic carbocycles. The van der Waals surface area contributed by atoms with E-state index in [-0.39, 0.29) is 24.8 Å². The number of nitrogens with zero attached hydrogens (tertiary/aromatic N) is 1. The number of hydrogen-bond acceptors (Lipinski definition) is 6. The molecule has 1 aliphatic rings. The smallest absolute Gasteiger partial charge is 0.326 e. The first-order valence-corrected chi connectivity index (χ1v) is 11.1.